The predicted octanol–water partition coefficient (Wildman–Crippen LogP) is 4.74. The number of esters is 1. The van der Waals surface area contributed by atoms with E-state index < -0.39 is 5.97 Å². The lowest BCUT2D eigenvalue weighted by Crippen LogP contribution is -2.27. The fourth-order valence-corrected chi connectivity index (χ4v) is 4.56. The van der Waals surface area contributed by atoms with E-state index in [4.69, 9.17) is 21.7 Å². The number of hydrogen-bond acceptors (Lipinski definition) is 6. The van der Waals surface area contributed by atoms with E-state index in [2.05, 4.69) is 22.6 Å². The molecule has 2 aromatic rings. The van der Waals surface area contributed by atoms with Gasteiger partial charge in [0, 0.05) is 10.1 Å². The van der Waals surface area contributed by atoms with E-state index in [1.165, 1.54) is 18.9 Å². The molecule has 0 unspecified atom stereocenters. The van der Waals surface area contributed by atoms with Gasteiger partial charge in [0.2, 0.25) is 0 Å². The maximum absolute atomic E-state index is 12.5. The Morgan fingerprint density at radius 2 is 2.00 bits per heavy atom. The minimum absolute atomic E-state index is 0.106. The van der Waals surface area contributed by atoms with Crippen molar-refractivity contribution in [3.63, 3.8) is 0 Å². The summed E-state index contributed by atoms with van der Waals surface area (Å²) in [5.74, 6) is 0.148. The van der Waals surface area contributed by atoms with Gasteiger partial charge in [-0.1, -0.05) is 42.2 Å². The fourth-order valence-electron chi connectivity index (χ4n) is 2.56. The molecule has 5 nitrogen and oxygen atoms in total. The van der Waals surface area contributed by atoms with Gasteiger partial charge < -0.3 is 9.47 Å². The van der Waals surface area contributed by atoms with E-state index in [9.17, 15) is 9.59 Å². The number of thioether (sulfide) groups is 1. The molecule has 144 valence electrons. The number of carbonyl (C=O) groups excluding carboxylic acids is 2. The number of thiocarbonyl (C=S) groups is 1. The first kappa shape index (κ1) is 20.8. The quantitative estimate of drug-likeness (QED) is 0.185. The number of ether oxygens (including phenoxy) is 2. The maximum atomic E-state index is 12.5. The third kappa shape index (κ3) is 4.39. The van der Waals surface area contributed by atoms with Gasteiger partial charge in [0.05, 0.1) is 17.6 Å². The van der Waals surface area contributed by atoms with Crippen molar-refractivity contribution < 1.29 is 19.1 Å². The third-order valence-electron chi connectivity index (χ3n) is 3.97. The van der Waals surface area contributed by atoms with E-state index in [-0.39, 0.29) is 5.91 Å². The number of methoxy groups -OCH3 is 1. The van der Waals surface area contributed by atoms with Gasteiger partial charge in [-0.15, -0.1) is 0 Å². The molecule has 2 aromatic carbocycles. The number of rotatable bonds is 5. The summed E-state index contributed by atoms with van der Waals surface area (Å²) in [7, 11) is 1.50. The summed E-state index contributed by atoms with van der Waals surface area (Å²) in [6.45, 7) is 2.42. The Hall–Kier alpha value is -1.91. The summed E-state index contributed by atoms with van der Waals surface area (Å²) in [5, 5.41) is 0. The molecule has 0 aliphatic carbocycles. The van der Waals surface area contributed by atoms with Gasteiger partial charge in [0.1, 0.15) is 4.32 Å². The highest BCUT2D eigenvalue weighted by Crippen LogP contribution is 2.35. The van der Waals surface area contributed by atoms with Gasteiger partial charge in [-0.25, -0.2) is 4.79 Å². The van der Waals surface area contributed by atoms with Crippen molar-refractivity contribution in [1.29, 1.82) is 0 Å². The second-order valence-corrected chi connectivity index (χ2v) is 8.54. The molecule has 0 N–H and O–H groups in total. The van der Waals surface area contributed by atoms with Crippen molar-refractivity contribution in [2.75, 3.05) is 13.7 Å². The third-order valence-corrected chi connectivity index (χ3v) is 6.29. The van der Waals surface area contributed by atoms with Crippen LogP contribution in [0.3, 0.4) is 0 Å². The summed E-state index contributed by atoms with van der Waals surface area (Å²) in [4.78, 5) is 26.9. The normalized spacial score (nSPS) is 15.2. The van der Waals surface area contributed by atoms with Gasteiger partial charge >= 0.3 is 5.97 Å². The minimum Gasteiger partial charge on any atom is -0.493 e. The zero-order valence-electron chi connectivity index (χ0n) is 15.1. The molecule has 0 saturated carbocycles. The highest BCUT2D eigenvalue weighted by atomic mass is 127. The van der Waals surface area contributed by atoms with Crippen molar-refractivity contribution >= 4 is 68.8 Å². The average molecular weight is 525 g/mol. The Bertz CT molecular complexity index is 990. The molecule has 1 aliphatic heterocycles. The van der Waals surface area contributed by atoms with E-state index in [0.29, 0.717) is 32.8 Å². The molecule has 0 radical (unpaired) electrons. The smallest absolute Gasteiger partial charge is 0.344 e. The zero-order valence-corrected chi connectivity index (χ0v) is 18.9. The summed E-state index contributed by atoms with van der Waals surface area (Å²) >= 11 is 8.59. The highest BCUT2D eigenvalue weighted by Gasteiger charge is 2.30. The van der Waals surface area contributed by atoms with Crippen LogP contribution in [0.2, 0.25) is 0 Å². The number of nitrogens with zero attached hydrogens (tertiary/aromatic N) is 1. The lowest BCUT2D eigenvalue weighted by molar-refractivity contribution is -0.121. The largest absolute Gasteiger partial charge is 0.493 e. The molecule has 1 aliphatic rings. The van der Waals surface area contributed by atoms with Crippen molar-refractivity contribution in [3.05, 3.63) is 62.1 Å². The Morgan fingerprint density at radius 1 is 1.25 bits per heavy atom. The molecule has 0 aromatic heterocycles. The standard InChI is InChI=1S/C20H16INO4S2/c1-3-22-18(23)17(28-20(22)27)11-12-8-9-15(16(10-12)25-2)26-19(24)13-6-4-5-7-14(13)21/h4-11H,3H2,1-2H3. The van der Waals surface area contributed by atoms with Crippen molar-refractivity contribution in [3.8, 4) is 11.5 Å². The molecule has 1 fully saturated rings. The fraction of sp³-hybridized carbons (Fsp3) is 0.150. The SMILES string of the molecule is CCN1C(=O)C(=Cc2ccc(OC(=O)c3ccccc3I)c(OC)c2)SC1=S. The molecule has 28 heavy (non-hydrogen) atoms. The zero-order chi connectivity index (χ0) is 20.3. The Morgan fingerprint density at radius 3 is 2.64 bits per heavy atom. The number of halogens is 1. The number of benzene rings is 2. The van der Waals surface area contributed by atoms with Crippen LogP contribution in [0.4, 0.5) is 0 Å². The second kappa shape index (κ2) is 9.06. The van der Waals surface area contributed by atoms with Gasteiger partial charge in [0.15, 0.2) is 11.5 Å². The molecular weight excluding hydrogens is 509 g/mol. The minimum atomic E-state index is -0.458. The number of carbonyl (C=O) groups is 2. The molecule has 1 amide bonds. The van der Waals surface area contributed by atoms with Crippen molar-refractivity contribution in [2.45, 2.75) is 6.92 Å². The average Bonchev–Trinajstić information content (AvgIpc) is 2.95. The summed E-state index contributed by atoms with van der Waals surface area (Å²) in [5.41, 5.74) is 1.24. The van der Waals surface area contributed by atoms with Crippen LogP contribution in [0.1, 0.15) is 22.8 Å². The predicted molar refractivity (Wildman–Crippen MR) is 123 cm³/mol. The van der Waals surface area contributed by atoms with Gasteiger partial charge in [-0.2, -0.15) is 0 Å². The topological polar surface area (TPSA) is 55.8 Å². The van der Waals surface area contributed by atoms with E-state index in [0.717, 1.165) is 9.13 Å². The molecule has 1 heterocycles. The van der Waals surface area contributed by atoms with Crippen LogP contribution in [0.15, 0.2) is 47.4 Å². The number of hydrogen-bond donors (Lipinski definition) is 0. The van der Waals surface area contributed by atoms with Crippen molar-refractivity contribution in [2.24, 2.45) is 0 Å². The summed E-state index contributed by atoms with van der Waals surface area (Å²) in [6, 6.07) is 12.3. The Kier molecular flexibility index (Phi) is 6.73. The molecule has 0 bridgehead atoms. The first-order valence-corrected chi connectivity index (χ1v) is 10.6. The van der Waals surface area contributed by atoms with Crippen LogP contribution >= 0.6 is 46.6 Å². The first-order chi connectivity index (χ1) is 13.4. The second-order valence-electron chi connectivity index (χ2n) is 5.71. The van der Waals surface area contributed by atoms with E-state index in [1.807, 2.05) is 19.1 Å². The molecule has 0 spiro atoms. The van der Waals surface area contributed by atoms with Crippen LogP contribution in [0, 0.1) is 3.57 Å². The van der Waals surface area contributed by atoms with Gasteiger partial charge in [-0.3, -0.25) is 9.69 Å². The lowest BCUT2D eigenvalue weighted by atomic mass is 10.1. The van der Waals surface area contributed by atoms with E-state index in [1.54, 1.807) is 41.3 Å². The monoisotopic (exact) mass is 525 g/mol. The molecule has 1 saturated heterocycles. The van der Waals surface area contributed by atoms with Crippen molar-refractivity contribution in [1.82, 2.24) is 4.90 Å². The van der Waals surface area contributed by atoms with Crippen LogP contribution in [-0.2, 0) is 4.79 Å². The summed E-state index contributed by atoms with van der Waals surface area (Å²) in [6.07, 6.45) is 1.75. The molecular formula is C20H16INO4S2. The van der Waals surface area contributed by atoms with Crippen LogP contribution in [0.5, 0.6) is 11.5 Å². The maximum Gasteiger partial charge on any atom is 0.344 e. The lowest BCUT2D eigenvalue weighted by Gasteiger charge is -2.11. The van der Waals surface area contributed by atoms with Crippen LogP contribution in [-0.4, -0.2) is 34.8 Å². The van der Waals surface area contributed by atoms with Crippen LogP contribution < -0.4 is 9.47 Å². The number of amides is 1. The van der Waals surface area contributed by atoms with Crippen LogP contribution in [0.25, 0.3) is 6.08 Å². The highest BCUT2D eigenvalue weighted by molar-refractivity contribution is 14.1. The van der Waals surface area contributed by atoms with Gasteiger partial charge in [0.25, 0.3) is 5.91 Å². The van der Waals surface area contributed by atoms with E-state index >= 15 is 0 Å². The molecule has 8 heteroatoms. The number of likely N-dealkylation sites (N-methyl/N-ethyl adjacent to an activating group) is 1. The van der Waals surface area contributed by atoms with Gasteiger partial charge in [-0.05, 0) is 65.4 Å². The Balaban J connectivity index is 1.84. The molecule has 3 rings (SSSR count). The first-order valence-electron chi connectivity index (χ1n) is 8.34. The Labute approximate surface area is 186 Å². The summed E-state index contributed by atoms with van der Waals surface area (Å²) < 4.78 is 12.2. The molecule has 0 atom stereocenters.